The highest BCUT2D eigenvalue weighted by atomic mass is 16.8. The SMILES string of the molecule is O=C(C=Cc1ccc(O)c(CC2=NCN=C2)c1)N1c2cc(OC3(O)OC(CO)C(O)C(O)C3O)c(O)cc2CC1(CCCO)C(=O)O. The molecule has 16 heteroatoms. The van der Waals surface area contributed by atoms with Gasteiger partial charge in [-0.25, -0.2) is 4.79 Å². The minimum atomic E-state index is -3.10. The Kier molecular flexibility index (Phi) is 9.65. The normalized spacial score (nSPS) is 28.5. The molecule has 0 spiro atoms. The first-order valence-electron chi connectivity index (χ1n) is 14.6. The third-order valence-electron chi connectivity index (χ3n) is 8.35. The number of carboxylic acids is 1. The molecule has 0 bridgehead atoms. The zero-order valence-electron chi connectivity index (χ0n) is 24.9. The molecule has 0 aliphatic carbocycles. The molecule has 2 aromatic rings. The highest BCUT2D eigenvalue weighted by molar-refractivity contribution is 6.32. The van der Waals surface area contributed by atoms with Crippen molar-refractivity contribution in [1.82, 2.24) is 0 Å². The lowest BCUT2D eigenvalue weighted by Crippen LogP contribution is -2.67. The van der Waals surface area contributed by atoms with Crippen LogP contribution < -0.4 is 9.64 Å². The van der Waals surface area contributed by atoms with Gasteiger partial charge in [0.1, 0.15) is 36.3 Å². The van der Waals surface area contributed by atoms with E-state index in [1.165, 1.54) is 12.1 Å². The second-order valence-electron chi connectivity index (χ2n) is 11.5. The first-order chi connectivity index (χ1) is 22.3. The molecule has 1 amide bonds. The van der Waals surface area contributed by atoms with Gasteiger partial charge in [-0.3, -0.25) is 19.7 Å². The number of fused-ring (bicyclic) bond motifs is 1. The molecule has 1 saturated heterocycles. The maximum absolute atomic E-state index is 13.9. The maximum atomic E-state index is 13.9. The molecule has 47 heavy (non-hydrogen) atoms. The highest BCUT2D eigenvalue weighted by Crippen LogP contribution is 2.47. The number of amides is 1. The molecule has 3 aliphatic rings. The molecule has 0 radical (unpaired) electrons. The van der Waals surface area contributed by atoms with E-state index < -0.39 is 65.9 Å². The maximum Gasteiger partial charge on any atom is 0.355 e. The highest BCUT2D eigenvalue weighted by Gasteiger charge is 2.56. The number of carbonyl (C=O) groups is 2. The summed E-state index contributed by atoms with van der Waals surface area (Å²) in [5, 5.41) is 92.2. The smallest absolute Gasteiger partial charge is 0.355 e. The van der Waals surface area contributed by atoms with E-state index in [-0.39, 0.29) is 42.9 Å². The standard InChI is InChI=1S/C31H35N3O13/c35-7-1-6-30(29(43)44)12-18-10-22(38)23(46-31(45)28(42)27(41)26(40)24(14-36)47-31)11-20(18)34(30)25(39)5-3-16-2-4-21(37)17(8-16)9-19-13-32-15-33-19/h2-5,8,10-11,13,24,26-28,35-38,40-42,45H,1,6-7,9,12,14-15H2,(H,43,44). The van der Waals surface area contributed by atoms with Gasteiger partial charge in [-0.1, -0.05) is 6.07 Å². The van der Waals surface area contributed by atoms with Crippen LogP contribution in [-0.4, -0.2) is 126 Å². The van der Waals surface area contributed by atoms with Crippen molar-refractivity contribution < 1.29 is 65.0 Å². The molecule has 2 aromatic carbocycles. The number of phenols is 2. The Bertz CT molecular complexity index is 1630. The number of ether oxygens (including phenoxy) is 2. The lowest BCUT2D eigenvalue weighted by Gasteiger charge is -2.44. The van der Waals surface area contributed by atoms with Gasteiger partial charge >= 0.3 is 11.9 Å². The number of carboxylic acid groups (broad SMARTS) is 1. The minimum Gasteiger partial charge on any atom is -0.508 e. The van der Waals surface area contributed by atoms with Crippen LogP contribution in [0.1, 0.15) is 29.5 Å². The Hall–Kier alpha value is -4.42. The zero-order chi connectivity index (χ0) is 34.1. The average molecular weight is 658 g/mol. The number of aliphatic imine (C=N–C) groups is 2. The summed E-state index contributed by atoms with van der Waals surface area (Å²) in [5.74, 6) is -6.56. The van der Waals surface area contributed by atoms with E-state index in [4.69, 9.17) is 9.47 Å². The number of nitrogens with zero attached hydrogens (tertiary/aromatic N) is 3. The molecule has 6 unspecified atom stereocenters. The number of aromatic hydroxyl groups is 2. The lowest BCUT2D eigenvalue weighted by atomic mass is 9.88. The van der Waals surface area contributed by atoms with Crippen molar-refractivity contribution in [1.29, 1.82) is 0 Å². The number of aliphatic hydroxyl groups excluding tert-OH is 5. The predicted molar refractivity (Wildman–Crippen MR) is 163 cm³/mol. The zero-order valence-corrected chi connectivity index (χ0v) is 24.9. The summed E-state index contributed by atoms with van der Waals surface area (Å²) in [6, 6.07) is 6.77. The Balaban J connectivity index is 1.51. The number of hydrogen-bond acceptors (Lipinski definition) is 14. The van der Waals surface area contributed by atoms with Crippen molar-refractivity contribution in [3.63, 3.8) is 0 Å². The molecule has 9 N–H and O–H groups in total. The number of anilines is 1. The van der Waals surface area contributed by atoms with E-state index in [0.29, 0.717) is 29.9 Å². The van der Waals surface area contributed by atoms with Gasteiger partial charge in [-0.2, -0.15) is 0 Å². The average Bonchev–Trinajstić information content (AvgIpc) is 3.67. The van der Waals surface area contributed by atoms with Gasteiger partial charge in [-0.05, 0) is 48.2 Å². The van der Waals surface area contributed by atoms with Crippen LogP contribution in [0.3, 0.4) is 0 Å². The van der Waals surface area contributed by atoms with Crippen LogP contribution in [0.2, 0.25) is 0 Å². The number of rotatable bonds is 11. The molecule has 6 atom stereocenters. The van der Waals surface area contributed by atoms with Crippen LogP contribution in [0, 0.1) is 0 Å². The molecule has 252 valence electrons. The lowest BCUT2D eigenvalue weighted by molar-refractivity contribution is -0.422. The van der Waals surface area contributed by atoms with Gasteiger partial charge < -0.3 is 55.4 Å². The monoisotopic (exact) mass is 657 g/mol. The van der Waals surface area contributed by atoms with Crippen LogP contribution in [0.5, 0.6) is 17.2 Å². The number of carbonyl (C=O) groups excluding carboxylic acids is 1. The van der Waals surface area contributed by atoms with Crippen molar-refractivity contribution in [2.75, 3.05) is 24.8 Å². The van der Waals surface area contributed by atoms with Gasteiger partial charge in [0.15, 0.2) is 17.6 Å². The summed E-state index contributed by atoms with van der Waals surface area (Å²) < 4.78 is 10.5. The molecule has 0 saturated carbocycles. The van der Waals surface area contributed by atoms with E-state index >= 15 is 0 Å². The van der Waals surface area contributed by atoms with E-state index in [9.17, 15) is 55.5 Å². The fourth-order valence-corrected chi connectivity index (χ4v) is 5.91. The Morgan fingerprint density at radius 2 is 1.85 bits per heavy atom. The number of benzene rings is 2. The Labute approximate surface area is 267 Å². The number of aliphatic carboxylic acids is 1. The second kappa shape index (κ2) is 13.4. The van der Waals surface area contributed by atoms with Crippen LogP contribution in [0.25, 0.3) is 6.08 Å². The molecule has 16 nitrogen and oxygen atoms in total. The van der Waals surface area contributed by atoms with Crippen LogP contribution in [0.15, 0.2) is 46.4 Å². The largest absolute Gasteiger partial charge is 0.508 e. The second-order valence-corrected chi connectivity index (χ2v) is 11.5. The molecule has 1 fully saturated rings. The fourth-order valence-electron chi connectivity index (χ4n) is 5.91. The number of aliphatic hydroxyl groups is 6. The third-order valence-corrected chi connectivity index (χ3v) is 8.35. The van der Waals surface area contributed by atoms with Gasteiger partial charge in [0.05, 0.1) is 18.0 Å². The molecule has 3 heterocycles. The molecular formula is C31H35N3O13. The number of phenolic OH excluding ortho intramolecular Hbond substituents is 2. The summed E-state index contributed by atoms with van der Waals surface area (Å²) in [4.78, 5) is 35.9. The first kappa shape index (κ1) is 33.9. The van der Waals surface area contributed by atoms with Crippen LogP contribution in [-0.2, 0) is 27.2 Å². The summed E-state index contributed by atoms with van der Waals surface area (Å²) in [5.41, 5.74) is -0.0931. The summed E-state index contributed by atoms with van der Waals surface area (Å²) in [6.07, 6.45) is -3.77. The topological polar surface area (TPSA) is 263 Å². The Morgan fingerprint density at radius 3 is 2.51 bits per heavy atom. The molecular weight excluding hydrogens is 622 g/mol. The molecule has 3 aliphatic heterocycles. The molecule has 5 rings (SSSR count). The van der Waals surface area contributed by atoms with Crippen molar-refractivity contribution in [3.8, 4) is 17.2 Å². The first-order valence-corrected chi connectivity index (χ1v) is 14.6. The summed E-state index contributed by atoms with van der Waals surface area (Å²) >= 11 is 0. The van der Waals surface area contributed by atoms with E-state index in [1.807, 2.05) is 0 Å². The van der Waals surface area contributed by atoms with E-state index in [0.717, 1.165) is 23.1 Å². The Morgan fingerprint density at radius 1 is 1.09 bits per heavy atom. The van der Waals surface area contributed by atoms with Crippen molar-refractivity contribution in [2.45, 2.75) is 61.6 Å². The number of hydrogen-bond donors (Lipinski definition) is 9. The van der Waals surface area contributed by atoms with Crippen molar-refractivity contribution in [3.05, 3.63) is 53.1 Å². The summed E-state index contributed by atoms with van der Waals surface area (Å²) in [7, 11) is 0. The van der Waals surface area contributed by atoms with Gasteiger partial charge in [0, 0.05) is 43.4 Å². The van der Waals surface area contributed by atoms with Gasteiger partial charge in [-0.15, -0.1) is 0 Å². The van der Waals surface area contributed by atoms with Crippen LogP contribution in [0.4, 0.5) is 5.69 Å². The van der Waals surface area contributed by atoms with Gasteiger partial charge in [0.2, 0.25) is 0 Å². The third kappa shape index (κ3) is 6.44. The molecule has 0 aromatic heterocycles. The fraction of sp³-hybridized carbons (Fsp3) is 0.419. The quantitative estimate of drug-likeness (QED) is 0.102. The summed E-state index contributed by atoms with van der Waals surface area (Å²) in [6.45, 7) is -0.967. The van der Waals surface area contributed by atoms with Crippen molar-refractivity contribution >= 4 is 35.6 Å². The predicted octanol–water partition coefficient (Wildman–Crippen LogP) is -1.18. The minimum absolute atomic E-state index is 0.000179. The van der Waals surface area contributed by atoms with Crippen LogP contribution >= 0.6 is 0 Å². The van der Waals surface area contributed by atoms with E-state index in [2.05, 4.69) is 9.98 Å². The van der Waals surface area contributed by atoms with E-state index in [1.54, 1.807) is 18.3 Å². The van der Waals surface area contributed by atoms with Gasteiger partial charge in [0.25, 0.3) is 5.91 Å². The van der Waals surface area contributed by atoms with Crippen molar-refractivity contribution in [2.24, 2.45) is 9.98 Å².